The Morgan fingerprint density at radius 3 is 2.50 bits per heavy atom. The first-order chi connectivity index (χ1) is 9.53. The Balaban J connectivity index is 1.89. The first kappa shape index (κ1) is 15.1. The topological polar surface area (TPSA) is 96.9 Å². The summed E-state index contributed by atoms with van der Waals surface area (Å²) in [6.45, 7) is 3.96. The summed E-state index contributed by atoms with van der Waals surface area (Å²) in [5.74, 6) is -0.718. The lowest BCUT2D eigenvalue weighted by Crippen LogP contribution is -2.60. The number of aliphatic carboxylic acids is 1. The number of urea groups is 1. The molecule has 0 spiro atoms. The fourth-order valence-electron chi connectivity index (χ4n) is 2.64. The van der Waals surface area contributed by atoms with Crippen LogP contribution in [0.1, 0.15) is 26.2 Å². The zero-order chi connectivity index (χ0) is 14.6. The molecule has 2 atom stereocenters. The molecule has 2 aliphatic rings. The van der Waals surface area contributed by atoms with E-state index >= 15 is 0 Å². The highest BCUT2D eigenvalue weighted by Crippen LogP contribution is 2.21. The van der Waals surface area contributed by atoms with Crippen molar-refractivity contribution in [2.45, 2.75) is 37.8 Å². The monoisotopic (exact) mass is 286 g/mol. The molecule has 2 aliphatic heterocycles. The molecule has 0 aromatic carbocycles. The van der Waals surface area contributed by atoms with Gasteiger partial charge < -0.3 is 25.2 Å². The molecular weight excluding hydrogens is 264 g/mol. The van der Waals surface area contributed by atoms with E-state index in [9.17, 15) is 14.7 Å². The normalized spacial score (nSPS) is 26.8. The van der Waals surface area contributed by atoms with Gasteiger partial charge in [0, 0.05) is 44.6 Å². The third-order valence-electron chi connectivity index (χ3n) is 4.14. The summed E-state index contributed by atoms with van der Waals surface area (Å²) in [7, 11) is 0. The van der Waals surface area contributed by atoms with Gasteiger partial charge in [-0.05, 0) is 13.3 Å². The van der Waals surface area contributed by atoms with Crippen LogP contribution in [-0.2, 0) is 14.3 Å². The van der Waals surface area contributed by atoms with Crippen LogP contribution in [-0.4, -0.2) is 55.1 Å². The molecule has 0 aromatic heterocycles. The smallest absolute Gasteiger partial charge is 0.329 e. The lowest BCUT2D eigenvalue weighted by atomic mass is 9.90. The highest BCUT2D eigenvalue weighted by atomic mass is 16.5. The Hall–Kier alpha value is -1.34. The van der Waals surface area contributed by atoms with Crippen LogP contribution in [0.4, 0.5) is 4.79 Å². The molecule has 114 valence electrons. The van der Waals surface area contributed by atoms with E-state index in [1.165, 1.54) is 0 Å². The van der Waals surface area contributed by atoms with Gasteiger partial charge in [0.05, 0.1) is 6.61 Å². The summed E-state index contributed by atoms with van der Waals surface area (Å²) in [6.07, 6.45) is 1.49. The van der Waals surface area contributed by atoms with Crippen molar-refractivity contribution in [1.82, 2.24) is 10.6 Å². The van der Waals surface area contributed by atoms with Crippen molar-refractivity contribution in [2.75, 3.05) is 26.4 Å². The molecular formula is C13H22N2O5. The number of amides is 2. The Bertz CT molecular complexity index is 362. The molecule has 0 aromatic rings. The number of nitrogens with one attached hydrogen (secondary N) is 2. The van der Waals surface area contributed by atoms with Crippen LogP contribution in [0.5, 0.6) is 0 Å². The van der Waals surface area contributed by atoms with Crippen LogP contribution in [0.3, 0.4) is 0 Å². The standard InChI is InChI=1S/C13H22N2O5/c1-9(10-2-5-20-8-10)14-12(18)15-13(11(16)17)3-6-19-7-4-13/h9-10H,2-8H2,1H3,(H,16,17)(H2,14,15,18). The number of carboxylic acids is 1. The number of carbonyl (C=O) groups is 2. The van der Waals surface area contributed by atoms with Gasteiger partial charge in [0.2, 0.25) is 0 Å². The van der Waals surface area contributed by atoms with Gasteiger partial charge in [0.15, 0.2) is 0 Å². The Morgan fingerprint density at radius 2 is 1.95 bits per heavy atom. The maximum absolute atomic E-state index is 12.0. The molecule has 0 saturated carbocycles. The van der Waals surface area contributed by atoms with Crippen molar-refractivity contribution in [3.05, 3.63) is 0 Å². The summed E-state index contributed by atoms with van der Waals surface area (Å²) in [5.41, 5.74) is -1.21. The van der Waals surface area contributed by atoms with E-state index in [2.05, 4.69) is 10.6 Å². The molecule has 2 rings (SSSR count). The van der Waals surface area contributed by atoms with Crippen LogP contribution >= 0.6 is 0 Å². The Morgan fingerprint density at radius 1 is 1.25 bits per heavy atom. The van der Waals surface area contributed by atoms with Crippen molar-refractivity contribution in [3.63, 3.8) is 0 Å². The van der Waals surface area contributed by atoms with E-state index in [4.69, 9.17) is 9.47 Å². The quantitative estimate of drug-likeness (QED) is 0.692. The summed E-state index contributed by atoms with van der Waals surface area (Å²) < 4.78 is 10.5. The number of carboxylic acid groups (broad SMARTS) is 1. The second-order valence-electron chi connectivity index (χ2n) is 5.51. The lowest BCUT2D eigenvalue weighted by molar-refractivity contribution is -0.148. The number of rotatable bonds is 4. The van der Waals surface area contributed by atoms with Gasteiger partial charge in [-0.25, -0.2) is 9.59 Å². The zero-order valence-electron chi connectivity index (χ0n) is 11.7. The Kier molecular flexibility index (Phi) is 4.82. The minimum atomic E-state index is -1.21. The predicted molar refractivity (Wildman–Crippen MR) is 70.5 cm³/mol. The molecule has 7 heteroatoms. The van der Waals surface area contributed by atoms with Crippen LogP contribution in [0.2, 0.25) is 0 Å². The van der Waals surface area contributed by atoms with E-state index in [0.717, 1.165) is 6.42 Å². The van der Waals surface area contributed by atoms with Gasteiger partial charge in [-0.15, -0.1) is 0 Å². The average Bonchev–Trinajstić information content (AvgIpc) is 2.93. The molecule has 2 fully saturated rings. The van der Waals surface area contributed by atoms with Gasteiger partial charge in [-0.2, -0.15) is 0 Å². The van der Waals surface area contributed by atoms with E-state index in [0.29, 0.717) is 26.4 Å². The molecule has 20 heavy (non-hydrogen) atoms. The summed E-state index contributed by atoms with van der Waals surface area (Å²) >= 11 is 0. The minimum Gasteiger partial charge on any atom is -0.480 e. The van der Waals surface area contributed by atoms with Crippen molar-refractivity contribution < 1.29 is 24.2 Å². The molecule has 2 amide bonds. The third kappa shape index (κ3) is 3.40. The van der Waals surface area contributed by atoms with Gasteiger partial charge in [-0.3, -0.25) is 0 Å². The lowest BCUT2D eigenvalue weighted by Gasteiger charge is -2.34. The molecule has 2 unspecified atom stereocenters. The summed E-state index contributed by atoms with van der Waals surface area (Å²) in [4.78, 5) is 23.5. The number of hydrogen-bond donors (Lipinski definition) is 3. The van der Waals surface area contributed by atoms with E-state index in [-0.39, 0.29) is 24.8 Å². The van der Waals surface area contributed by atoms with E-state index < -0.39 is 17.5 Å². The number of ether oxygens (including phenoxy) is 2. The molecule has 2 saturated heterocycles. The Labute approximate surface area is 118 Å². The molecule has 0 aliphatic carbocycles. The summed E-state index contributed by atoms with van der Waals surface area (Å²) in [6, 6.07) is -0.475. The number of hydrogen-bond acceptors (Lipinski definition) is 4. The van der Waals surface area contributed by atoms with Gasteiger partial charge in [0.1, 0.15) is 5.54 Å². The maximum Gasteiger partial charge on any atom is 0.329 e. The first-order valence-corrected chi connectivity index (χ1v) is 7.01. The van der Waals surface area contributed by atoms with Crippen LogP contribution in [0.25, 0.3) is 0 Å². The van der Waals surface area contributed by atoms with Crippen LogP contribution in [0.15, 0.2) is 0 Å². The minimum absolute atomic E-state index is 0.0387. The van der Waals surface area contributed by atoms with Crippen molar-refractivity contribution in [3.8, 4) is 0 Å². The summed E-state index contributed by atoms with van der Waals surface area (Å²) in [5, 5.41) is 14.8. The molecule has 0 radical (unpaired) electrons. The van der Waals surface area contributed by atoms with Gasteiger partial charge >= 0.3 is 12.0 Å². The fraction of sp³-hybridized carbons (Fsp3) is 0.846. The second-order valence-corrected chi connectivity index (χ2v) is 5.51. The van der Waals surface area contributed by atoms with Crippen LogP contribution in [0, 0.1) is 5.92 Å². The predicted octanol–water partition coefficient (Wildman–Crippen LogP) is 0.344. The molecule has 3 N–H and O–H groups in total. The fourth-order valence-corrected chi connectivity index (χ4v) is 2.64. The van der Waals surface area contributed by atoms with E-state index in [1.807, 2.05) is 6.92 Å². The third-order valence-corrected chi connectivity index (χ3v) is 4.14. The second kappa shape index (κ2) is 6.41. The maximum atomic E-state index is 12.0. The molecule has 7 nitrogen and oxygen atoms in total. The average molecular weight is 286 g/mol. The highest BCUT2D eigenvalue weighted by molar-refractivity contribution is 5.86. The van der Waals surface area contributed by atoms with Crippen molar-refractivity contribution in [2.24, 2.45) is 5.92 Å². The van der Waals surface area contributed by atoms with Gasteiger partial charge in [0.25, 0.3) is 0 Å². The molecule has 2 heterocycles. The first-order valence-electron chi connectivity index (χ1n) is 7.01. The number of carbonyl (C=O) groups excluding carboxylic acids is 1. The van der Waals surface area contributed by atoms with Gasteiger partial charge in [-0.1, -0.05) is 0 Å². The molecule has 0 bridgehead atoms. The highest BCUT2D eigenvalue weighted by Gasteiger charge is 2.42. The van der Waals surface area contributed by atoms with Crippen LogP contribution < -0.4 is 10.6 Å². The van der Waals surface area contributed by atoms with Crippen molar-refractivity contribution >= 4 is 12.0 Å². The zero-order valence-corrected chi connectivity index (χ0v) is 11.7. The largest absolute Gasteiger partial charge is 0.480 e. The van der Waals surface area contributed by atoms with E-state index in [1.54, 1.807) is 0 Å². The SMILES string of the molecule is CC(NC(=O)NC1(C(=O)O)CCOCC1)C1CCOC1. The van der Waals surface area contributed by atoms with Crippen molar-refractivity contribution in [1.29, 1.82) is 0 Å².